The average Bonchev–Trinajstić information content (AvgIpc) is 3.02. The molecule has 4 nitrogen and oxygen atoms in total. The highest BCUT2D eigenvalue weighted by Crippen LogP contribution is 2.23. The van der Waals surface area contributed by atoms with Gasteiger partial charge in [0, 0.05) is 6.54 Å². The van der Waals surface area contributed by atoms with E-state index in [1.807, 2.05) is 30.3 Å². The van der Waals surface area contributed by atoms with E-state index in [0.717, 1.165) is 43.6 Å². The second-order valence-electron chi connectivity index (χ2n) is 7.76. The number of unbranched alkanes of at least 4 members (excludes halogenated alkanes) is 7. The smallest absolute Gasteiger partial charge is 0.261 e. The summed E-state index contributed by atoms with van der Waals surface area (Å²) < 4.78 is 5.76. The highest BCUT2D eigenvalue weighted by molar-refractivity contribution is 6.21. The van der Waals surface area contributed by atoms with Crippen LogP contribution in [0.3, 0.4) is 0 Å². The highest BCUT2D eigenvalue weighted by Gasteiger charge is 2.34. The predicted molar refractivity (Wildman–Crippen MR) is 121 cm³/mol. The van der Waals surface area contributed by atoms with Gasteiger partial charge in [0.1, 0.15) is 5.75 Å². The molecule has 0 N–H and O–H groups in total. The molecule has 0 bridgehead atoms. The lowest BCUT2D eigenvalue weighted by molar-refractivity contribution is 0.0651. The first-order valence-corrected chi connectivity index (χ1v) is 11.0. The zero-order valence-electron chi connectivity index (χ0n) is 17.6. The Bertz CT molecular complexity index is 822. The van der Waals surface area contributed by atoms with Crippen molar-refractivity contribution in [2.24, 2.45) is 0 Å². The van der Waals surface area contributed by atoms with Crippen molar-refractivity contribution in [3.05, 3.63) is 71.8 Å². The van der Waals surface area contributed by atoms with E-state index < -0.39 is 0 Å². The number of amides is 2. The van der Waals surface area contributed by atoms with E-state index in [9.17, 15) is 9.59 Å². The molecule has 0 saturated heterocycles. The summed E-state index contributed by atoms with van der Waals surface area (Å²) in [5.74, 6) is 0.627. The fourth-order valence-electron chi connectivity index (χ4n) is 3.77. The molecule has 1 aliphatic heterocycles. The number of rotatable bonds is 13. The zero-order chi connectivity index (χ0) is 21.2. The van der Waals surface area contributed by atoms with Crippen LogP contribution in [-0.4, -0.2) is 29.9 Å². The van der Waals surface area contributed by atoms with Gasteiger partial charge in [-0.15, -0.1) is 0 Å². The number of hydrogen-bond acceptors (Lipinski definition) is 3. The Balaban J connectivity index is 1.18. The number of carbonyl (C=O) groups is 2. The first-order chi connectivity index (χ1) is 14.7. The lowest BCUT2D eigenvalue weighted by Gasteiger charge is -2.13. The van der Waals surface area contributed by atoms with Gasteiger partial charge in [0.25, 0.3) is 11.8 Å². The molecular formula is C26H31NO3. The molecule has 3 rings (SSSR count). The van der Waals surface area contributed by atoms with Crippen molar-refractivity contribution >= 4 is 17.9 Å². The number of benzene rings is 2. The Labute approximate surface area is 179 Å². The third kappa shape index (κ3) is 5.82. The molecule has 1 heterocycles. The van der Waals surface area contributed by atoms with Crippen molar-refractivity contribution in [1.29, 1.82) is 0 Å². The normalized spacial score (nSPS) is 12.9. The molecule has 0 saturated carbocycles. The zero-order valence-corrected chi connectivity index (χ0v) is 17.6. The molecule has 0 fully saturated rings. The van der Waals surface area contributed by atoms with Crippen LogP contribution >= 0.6 is 0 Å². The molecule has 1 aliphatic rings. The molecule has 30 heavy (non-hydrogen) atoms. The van der Waals surface area contributed by atoms with Crippen LogP contribution < -0.4 is 4.74 Å². The Morgan fingerprint density at radius 3 is 1.83 bits per heavy atom. The maximum Gasteiger partial charge on any atom is 0.261 e. The summed E-state index contributed by atoms with van der Waals surface area (Å²) in [7, 11) is 0. The van der Waals surface area contributed by atoms with Crippen LogP contribution in [0.5, 0.6) is 5.75 Å². The Morgan fingerprint density at radius 1 is 0.733 bits per heavy atom. The quantitative estimate of drug-likeness (QED) is 0.298. The Kier molecular flexibility index (Phi) is 8.25. The lowest BCUT2D eigenvalue weighted by atomic mass is 10.1. The molecular weight excluding hydrogens is 374 g/mol. The van der Waals surface area contributed by atoms with E-state index in [1.54, 1.807) is 24.3 Å². The molecule has 0 aromatic heterocycles. The van der Waals surface area contributed by atoms with Gasteiger partial charge in [-0.25, -0.2) is 0 Å². The summed E-state index contributed by atoms with van der Waals surface area (Å²) in [5, 5.41) is 0. The van der Waals surface area contributed by atoms with Gasteiger partial charge in [-0.1, -0.05) is 75.4 Å². The monoisotopic (exact) mass is 405 g/mol. The summed E-state index contributed by atoms with van der Waals surface area (Å²) in [5.41, 5.74) is 2.19. The molecule has 2 amide bonds. The molecule has 0 aliphatic carbocycles. The van der Waals surface area contributed by atoms with Crippen LogP contribution in [0.25, 0.3) is 6.08 Å². The summed E-state index contributed by atoms with van der Waals surface area (Å²) in [6, 6.07) is 15.1. The molecule has 0 radical (unpaired) electrons. The SMILES string of the molecule is C=Cc1ccc(OCCCCCCCCCCN2C(=O)c3ccccc3C2=O)cc1. The Morgan fingerprint density at radius 2 is 1.27 bits per heavy atom. The second-order valence-corrected chi connectivity index (χ2v) is 7.76. The van der Waals surface area contributed by atoms with E-state index in [1.165, 1.54) is 30.6 Å². The lowest BCUT2D eigenvalue weighted by Crippen LogP contribution is -2.30. The molecule has 158 valence electrons. The number of imide groups is 1. The first-order valence-electron chi connectivity index (χ1n) is 11.0. The van der Waals surface area contributed by atoms with Crippen LogP contribution in [-0.2, 0) is 0 Å². The highest BCUT2D eigenvalue weighted by atomic mass is 16.5. The molecule has 4 heteroatoms. The average molecular weight is 406 g/mol. The maximum atomic E-state index is 12.3. The number of hydrogen-bond donors (Lipinski definition) is 0. The van der Waals surface area contributed by atoms with Crippen molar-refractivity contribution < 1.29 is 14.3 Å². The third-order valence-electron chi connectivity index (χ3n) is 5.54. The second kappa shape index (κ2) is 11.3. The van der Waals surface area contributed by atoms with Gasteiger partial charge >= 0.3 is 0 Å². The van der Waals surface area contributed by atoms with E-state index in [-0.39, 0.29) is 11.8 Å². The van der Waals surface area contributed by atoms with Crippen LogP contribution in [0.4, 0.5) is 0 Å². The fraction of sp³-hybridized carbons (Fsp3) is 0.385. The minimum absolute atomic E-state index is 0.144. The minimum Gasteiger partial charge on any atom is -0.494 e. The van der Waals surface area contributed by atoms with Gasteiger partial charge in [-0.2, -0.15) is 0 Å². The molecule has 2 aromatic rings. The Hall–Kier alpha value is -2.88. The van der Waals surface area contributed by atoms with E-state index in [0.29, 0.717) is 17.7 Å². The van der Waals surface area contributed by atoms with E-state index >= 15 is 0 Å². The minimum atomic E-state index is -0.144. The van der Waals surface area contributed by atoms with Crippen molar-refractivity contribution in [3.63, 3.8) is 0 Å². The van der Waals surface area contributed by atoms with Crippen molar-refractivity contribution in [2.45, 2.75) is 51.4 Å². The fourth-order valence-corrected chi connectivity index (χ4v) is 3.77. The predicted octanol–water partition coefficient (Wildman–Crippen LogP) is 6.13. The van der Waals surface area contributed by atoms with Gasteiger partial charge in [-0.3, -0.25) is 14.5 Å². The van der Waals surface area contributed by atoms with Crippen molar-refractivity contribution in [2.75, 3.05) is 13.2 Å². The van der Waals surface area contributed by atoms with Crippen LogP contribution in [0.1, 0.15) is 77.6 Å². The van der Waals surface area contributed by atoms with Crippen molar-refractivity contribution in [1.82, 2.24) is 4.90 Å². The standard InChI is InChI=1S/C26H31NO3/c1-2-21-15-17-22(18-16-21)30-20-12-8-6-4-3-5-7-11-19-27-25(28)23-13-9-10-14-24(23)26(27)29/h2,9-10,13-18H,1,3-8,11-12,19-20H2. The number of fused-ring (bicyclic) bond motifs is 1. The number of ether oxygens (including phenoxy) is 1. The number of carbonyl (C=O) groups excluding carboxylic acids is 2. The summed E-state index contributed by atoms with van der Waals surface area (Å²) in [6.07, 6.45) is 10.8. The van der Waals surface area contributed by atoms with Gasteiger partial charge in [0.15, 0.2) is 0 Å². The largest absolute Gasteiger partial charge is 0.494 e. The first kappa shape index (κ1) is 21.8. The van der Waals surface area contributed by atoms with Gasteiger partial charge in [0.2, 0.25) is 0 Å². The summed E-state index contributed by atoms with van der Waals surface area (Å²) >= 11 is 0. The molecule has 0 spiro atoms. The molecule has 0 unspecified atom stereocenters. The van der Waals surface area contributed by atoms with E-state index in [4.69, 9.17) is 4.74 Å². The van der Waals surface area contributed by atoms with Gasteiger partial charge in [0.05, 0.1) is 17.7 Å². The summed E-state index contributed by atoms with van der Waals surface area (Å²) in [6.45, 7) is 5.03. The summed E-state index contributed by atoms with van der Waals surface area (Å²) in [4.78, 5) is 26.0. The van der Waals surface area contributed by atoms with Gasteiger partial charge < -0.3 is 4.74 Å². The van der Waals surface area contributed by atoms with Crippen LogP contribution in [0.15, 0.2) is 55.1 Å². The molecule has 0 atom stereocenters. The van der Waals surface area contributed by atoms with Gasteiger partial charge in [-0.05, 0) is 42.7 Å². The maximum absolute atomic E-state index is 12.3. The number of nitrogens with zero attached hydrogens (tertiary/aromatic N) is 1. The van der Waals surface area contributed by atoms with Crippen LogP contribution in [0.2, 0.25) is 0 Å². The van der Waals surface area contributed by atoms with Crippen molar-refractivity contribution in [3.8, 4) is 5.75 Å². The van der Waals surface area contributed by atoms with E-state index in [2.05, 4.69) is 6.58 Å². The van der Waals surface area contributed by atoms with Crippen LogP contribution in [0, 0.1) is 0 Å². The topological polar surface area (TPSA) is 46.6 Å². The molecule has 2 aromatic carbocycles. The third-order valence-corrected chi connectivity index (χ3v) is 5.54.